The van der Waals surface area contributed by atoms with Gasteiger partial charge >= 0.3 is 0 Å². The normalized spacial score (nSPS) is 10.8. The van der Waals surface area contributed by atoms with Crippen LogP contribution in [0.15, 0.2) is 42.5 Å². The Hall–Kier alpha value is -2.67. The molecule has 134 valence electrons. The van der Waals surface area contributed by atoms with Crippen molar-refractivity contribution in [2.24, 2.45) is 0 Å². The number of aromatic nitrogens is 1. The van der Waals surface area contributed by atoms with Crippen molar-refractivity contribution in [1.29, 1.82) is 0 Å². The van der Waals surface area contributed by atoms with E-state index in [1.807, 2.05) is 6.92 Å². The molecule has 1 aromatic heterocycles. The summed E-state index contributed by atoms with van der Waals surface area (Å²) in [5, 5.41) is 3.28. The first-order chi connectivity index (χ1) is 12.5. The molecule has 0 atom stereocenters. The highest BCUT2D eigenvalue weighted by Crippen LogP contribution is 2.28. The van der Waals surface area contributed by atoms with Gasteiger partial charge in [-0.25, -0.2) is 18.2 Å². The summed E-state index contributed by atoms with van der Waals surface area (Å²) in [5.41, 5.74) is 1.03. The van der Waals surface area contributed by atoms with Crippen LogP contribution in [0.2, 0.25) is 0 Å². The number of hydrogen-bond acceptors (Lipinski definition) is 3. The highest BCUT2D eigenvalue weighted by molar-refractivity contribution is 7.15. The molecule has 0 aliphatic carbocycles. The van der Waals surface area contributed by atoms with Crippen molar-refractivity contribution in [3.63, 3.8) is 0 Å². The molecule has 0 fully saturated rings. The minimum Gasteiger partial charge on any atom is -0.351 e. The molecule has 0 spiro atoms. The van der Waals surface area contributed by atoms with E-state index >= 15 is 0 Å². The molecule has 3 aromatic rings. The number of nitrogens with one attached hydrogen (secondary N) is 1. The van der Waals surface area contributed by atoms with Gasteiger partial charge in [0.2, 0.25) is 0 Å². The number of nitrogens with zero attached hydrogens (tertiary/aromatic N) is 1. The quantitative estimate of drug-likeness (QED) is 0.712. The van der Waals surface area contributed by atoms with E-state index in [2.05, 4.69) is 10.3 Å². The van der Waals surface area contributed by atoms with Crippen molar-refractivity contribution in [2.75, 3.05) is 6.54 Å². The monoisotopic (exact) mass is 376 g/mol. The molecule has 0 aliphatic heterocycles. The maximum atomic E-state index is 13.6. The SMILES string of the molecule is Cc1nc(-c2ccc(F)cc2)sc1CCNC(=O)c1c(F)cccc1F. The van der Waals surface area contributed by atoms with Gasteiger partial charge in [0.15, 0.2) is 0 Å². The summed E-state index contributed by atoms with van der Waals surface area (Å²) in [4.78, 5) is 17.4. The Morgan fingerprint density at radius 2 is 1.73 bits per heavy atom. The van der Waals surface area contributed by atoms with Crippen LogP contribution in [0.1, 0.15) is 20.9 Å². The molecular formula is C19H15F3N2OS. The number of hydrogen-bond donors (Lipinski definition) is 1. The average molecular weight is 376 g/mol. The maximum absolute atomic E-state index is 13.6. The molecule has 3 nitrogen and oxygen atoms in total. The zero-order valence-electron chi connectivity index (χ0n) is 13.9. The van der Waals surface area contributed by atoms with Crippen LogP contribution in [0.3, 0.4) is 0 Å². The summed E-state index contributed by atoms with van der Waals surface area (Å²) in [7, 11) is 0. The van der Waals surface area contributed by atoms with Crippen LogP contribution in [0, 0.1) is 24.4 Å². The van der Waals surface area contributed by atoms with E-state index < -0.39 is 23.1 Å². The van der Waals surface area contributed by atoms with Gasteiger partial charge in [-0.2, -0.15) is 0 Å². The molecule has 1 N–H and O–H groups in total. The number of carbonyl (C=O) groups excluding carboxylic acids is 1. The first kappa shape index (κ1) is 18.1. The molecule has 0 unspecified atom stereocenters. The van der Waals surface area contributed by atoms with E-state index in [0.717, 1.165) is 33.3 Å². The van der Waals surface area contributed by atoms with Crippen molar-refractivity contribution in [3.05, 3.63) is 76.1 Å². The fourth-order valence-corrected chi connectivity index (χ4v) is 3.54. The Bertz CT molecular complexity index is 918. The van der Waals surface area contributed by atoms with Crippen molar-refractivity contribution in [3.8, 4) is 10.6 Å². The van der Waals surface area contributed by atoms with E-state index in [1.165, 1.54) is 29.5 Å². The summed E-state index contributed by atoms with van der Waals surface area (Å²) in [5.74, 6) is -2.89. The van der Waals surface area contributed by atoms with Gasteiger partial charge in [-0.3, -0.25) is 4.79 Å². The van der Waals surface area contributed by atoms with Gasteiger partial charge in [0.05, 0.1) is 5.69 Å². The Morgan fingerprint density at radius 3 is 2.38 bits per heavy atom. The average Bonchev–Trinajstić information content (AvgIpc) is 2.96. The maximum Gasteiger partial charge on any atom is 0.257 e. The lowest BCUT2D eigenvalue weighted by Crippen LogP contribution is -2.27. The van der Waals surface area contributed by atoms with Crippen molar-refractivity contribution >= 4 is 17.2 Å². The minimum atomic E-state index is -0.893. The van der Waals surface area contributed by atoms with Crippen molar-refractivity contribution in [1.82, 2.24) is 10.3 Å². The van der Waals surface area contributed by atoms with Crippen LogP contribution < -0.4 is 5.32 Å². The van der Waals surface area contributed by atoms with E-state index in [4.69, 9.17) is 0 Å². The van der Waals surface area contributed by atoms with Gasteiger partial charge in [0.25, 0.3) is 5.91 Å². The number of benzene rings is 2. The molecular weight excluding hydrogens is 361 g/mol. The molecule has 0 aliphatic rings. The smallest absolute Gasteiger partial charge is 0.257 e. The zero-order chi connectivity index (χ0) is 18.7. The zero-order valence-corrected chi connectivity index (χ0v) is 14.7. The second kappa shape index (κ2) is 7.70. The third-order valence-electron chi connectivity index (χ3n) is 3.81. The van der Waals surface area contributed by atoms with Crippen LogP contribution in [0.4, 0.5) is 13.2 Å². The minimum absolute atomic E-state index is 0.221. The molecule has 3 rings (SSSR count). The Labute approximate surface area is 152 Å². The second-order valence-electron chi connectivity index (χ2n) is 5.64. The number of aryl methyl sites for hydroxylation is 1. The number of thiazole rings is 1. The molecule has 1 amide bonds. The van der Waals surface area contributed by atoms with E-state index in [9.17, 15) is 18.0 Å². The highest BCUT2D eigenvalue weighted by atomic mass is 32.1. The van der Waals surface area contributed by atoms with Crippen LogP contribution >= 0.6 is 11.3 Å². The van der Waals surface area contributed by atoms with Crippen LogP contribution in [-0.2, 0) is 6.42 Å². The molecule has 0 radical (unpaired) electrons. The second-order valence-corrected chi connectivity index (χ2v) is 6.72. The van der Waals surface area contributed by atoms with Crippen LogP contribution in [0.5, 0.6) is 0 Å². The number of amides is 1. The van der Waals surface area contributed by atoms with Gasteiger partial charge in [-0.1, -0.05) is 6.07 Å². The topological polar surface area (TPSA) is 42.0 Å². The lowest BCUT2D eigenvalue weighted by Gasteiger charge is -2.06. The number of halogens is 3. The Kier molecular flexibility index (Phi) is 5.37. The van der Waals surface area contributed by atoms with Gasteiger partial charge in [-0.05, 0) is 43.3 Å². The van der Waals surface area contributed by atoms with E-state index in [0.29, 0.717) is 6.42 Å². The van der Waals surface area contributed by atoms with Gasteiger partial charge in [0, 0.05) is 23.4 Å². The third kappa shape index (κ3) is 3.94. The lowest BCUT2D eigenvalue weighted by atomic mass is 10.2. The molecule has 7 heteroatoms. The summed E-state index contributed by atoms with van der Waals surface area (Å²) in [6, 6.07) is 9.34. The largest absolute Gasteiger partial charge is 0.351 e. The molecule has 0 saturated carbocycles. The Balaban J connectivity index is 1.65. The van der Waals surface area contributed by atoms with Crippen molar-refractivity contribution in [2.45, 2.75) is 13.3 Å². The third-order valence-corrected chi connectivity index (χ3v) is 5.08. The van der Waals surface area contributed by atoms with Crippen molar-refractivity contribution < 1.29 is 18.0 Å². The molecule has 26 heavy (non-hydrogen) atoms. The number of rotatable bonds is 5. The van der Waals surface area contributed by atoms with Crippen LogP contribution in [0.25, 0.3) is 10.6 Å². The molecule has 2 aromatic carbocycles. The summed E-state index contributed by atoms with van der Waals surface area (Å²) >= 11 is 1.44. The Morgan fingerprint density at radius 1 is 1.08 bits per heavy atom. The fraction of sp³-hybridized carbons (Fsp3) is 0.158. The predicted octanol–water partition coefficient (Wildman–Crippen LogP) is 4.51. The lowest BCUT2D eigenvalue weighted by molar-refractivity contribution is 0.0945. The summed E-state index contributed by atoms with van der Waals surface area (Å²) < 4.78 is 40.2. The highest BCUT2D eigenvalue weighted by Gasteiger charge is 2.17. The fourth-order valence-electron chi connectivity index (χ4n) is 2.47. The number of carbonyl (C=O) groups is 1. The summed E-state index contributed by atoms with van der Waals surface area (Å²) in [6.45, 7) is 2.07. The molecule has 0 saturated heterocycles. The molecule has 1 heterocycles. The first-order valence-corrected chi connectivity index (χ1v) is 8.72. The van der Waals surface area contributed by atoms with Crippen LogP contribution in [-0.4, -0.2) is 17.4 Å². The van der Waals surface area contributed by atoms with E-state index in [1.54, 1.807) is 12.1 Å². The van der Waals surface area contributed by atoms with Gasteiger partial charge in [-0.15, -0.1) is 11.3 Å². The van der Waals surface area contributed by atoms with Gasteiger partial charge in [0.1, 0.15) is 28.0 Å². The first-order valence-electron chi connectivity index (χ1n) is 7.90. The van der Waals surface area contributed by atoms with E-state index in [-0.39, 0.29) is 12.4 Å². The predicted molar refractivity (Wildman–Crippen MR) is 94.6 cm³/mol. The summed E-state index contributed by atoms with van der Waals surface area (Å²) in [6.07, 6.45) is 0.479. The standard InChI is InChI=1S/C19H15F3N2OS/c1-11-16(26-19(24-11)12-5-7-13(20)8-6-12)9-10-23-18(25)17-14(21)3-2-4-15(17)22/h2-8H,9-10H2,1H3,(H,23,25). The van der Waals surface area contributed by atoms with Gasteiger partial charge < -0.3 is 5.32 Å². The molecule has 0 bridgehead atoms.